The third-order valence-corrected chi connectivity index (χ3v) is 12.7. The highest BCUT2D eigenvalue weighted by molar-refractivity contribution is 5.71. The zero-order valence-corrected chi connectivity index (χ0v) is 45.6. The number of hydrogen-bond acceptors (Lipinski definition) is 6. The zero-order valence-electron chi connectivity index (χ0n) is 45.6. The molecular weight excluding hydrogens is 853 g/mol. The topological polar surface area (TPSA) is 78.9 Å². The first-order valence-corrected chi connectivity index (χ1v) is 29.4. The van der Waals surface area contributed by atoms with Crippen molar-refractivity contribution in [1.29, 1.82) is 0 Å². The average Bonchev–Trinajstić information content (AvgIpc) is 3.35. The normalized spacial score (nSPS) is 12.6. The van der Waals surface area contributed by atoms with Crippen LogP contribution in [0.2, 0.25) is 0 Å². The first-order valence-electron chi connectivity index (χ1n) is 29.4. The van der Waals surface area contributed by atoms with E-state index in [9.17, 15) is 14.4 Å². The molecule has 1 atom stereocenters. The predicted octanol–water partition coefficient (Wildman–Crippen LogP) is 19.8. The van der Waals surface area contributed by atoms with Crippen molar-refractivity contribution in [3.05, 3.63) is 72.9 Å². The van der Waals surface area contributed by atoms with Crippen LogP contribution in [0.15, 0.2) is 72.9 Å². The Hall–Kier alpha value is -3.15. The van der Waals surface area contributed by atoms with Crippen LogP contribution < -0.4 is 0 Å². The maximum atomic E-state index is 12.8. The van der Waals surface area contributed by atoms with E-state index in [0.29, 0.717) is 19.3 Å². The molecule has 6 heteroatoms. The fourth-order valence-electron chi connectivity index (χ4n) is 8.33. The number of hydrogen-bond donors (Lipinski definition) is 0. The second-order valence-electron chi connectivity index (χ2n) is 19.5. The van der Waals surface area contributed by atoms with Gasteiger partial charge in [0, 0.05) is 19.3 Å². The van der Waals surface area contributed by atoms with Gasteiger partial charge in [-0.1, -0.05) is 273 Å². The summed E-state index contributed by atoms with van der Waals surface area (Å²) in [6.07, 6.45) is 73.2. The summed E-state index contributed by atoms with van der Waals surface area (Å²) in [5, 5.41) is 0. The van der Waals surface area contributed by atoms with Gasteiger partial charge in [0.25, 0.3) is 0 Å². The second kappa shape index (κ2) is 57.4. The smallest absolute Gasteiger partial charge is 0.306 e. The van der Waals surface area contributed by atoms with Crippen LogP contribution in [0.3, 0.4) is 0 Å². The van der Waals surface area contributed by atoms with Crippen LogP contribution in [0.1, 0.15) is 290 Å². The van der Waals surface area contributed by atoms with Crippen LogP contribution in [0.4, 0.5) is 0 Å². The summed E-state index contributed by atoms with van der Waals surface area (Å²) in [5.41, 5.74) is 0. The lowest BCUT2D eigenvalue weighted by molar-refractivity contribution is -0.167. The minimum Gasteiger partial charge on any atom is -0.462 e. The van der Waals surface area contributed by atoms with Crippen molar-refractivity contribution in [2.45, 2.75) is 297 Å². The van der Waals surface area contributed by atoms with E-state index in [4.69, 9.17) is 14.2 Å². The molecule has 6 nitrogen and oxygen atoms in total. The highest BCUT2D eigenvalue weighted by Gasteiger charge is 2.19. The third-order valence-electron chi connectivity index (χ3n) is 12.7. The van der Waals surface area contributed by atoms with Crippen LogP contribution in [0.25, 0.3) is 0 Å². The molecule has 0 heterocycles. The van der Waals surface area contributed by atoms with Crippen molar-refractivity contribution in [3.8, 4) is 0 Å². The number of carbonyl (C=O) groups excluding carboxylic acids is 3. The monoisotopic (exact) mass is 963 g/mol. The summed E-state index contributed by atoms with van der Waals surface area (Å²) >= 11 is 0. The van der Waals surface area contributed by atoms with Crippen molar-refractivity contribution in [2.75, 3.05) is 13.2 Å². The highest BCUT2D eigenvalue weighted by atomic mass is 16.6. The summed E-state index contributed by atoms with van der Waals surface area (Å²) in [7, 11) is 0. The molecule has 0 N–H and O–H groups in total. The molecule has 0 aliphatic heterocycles. The second-order valence-corrected chi connectivity index (χ2v) is 19.5. The van der Waals surface area contributed by atoms with Crippen molar-refractivity contribution in [1.82, 2.24) is 0 Å². The Balaban J connectivity index is 4.38. The minimum atomic E-state index is -0.783. The number of allylic oxidation sites excluding steroid dienone is 12. The maximum absolute atomic E-state index is 12.8. The van der Waals surface area contributed by atoms with Crippen LogP contribution in [-0.4, -0.2) is 37.2 Å². The van der Waals surface area contributed by atoms with Gasteiger partial charge in [-0.15, -0.1) is 0 Å². The molecule has 0 amide bonds. The SMILES string of the molecule is CC/C=C\C/C=C\C/C=C\C/C=C\C/C=C\C/C=C\CCCCCCC(=O)OCC(COC(=O)CCCCCCCCCCCCCCCC)OC(=O)CCCCCCCCCCCCCCCC. The Morgan fingerprint density at radius 2 is 0.565 bits per heavy atom. The largest absolute Gasteiger partial charge is 0.462 e. The molecule has 0 aromatic heterocycles. The zero-order chi connectivity index (χ0) is 50.0. The minimum absolute atomic E-state index is 0.0796. The fourth-order valence-corrected chi connectivity index (χ4v) is 8.33. The van der Waals surface area contributed by atoms with Crippen molar-refractivity contribution < 1.29 is 28.6 Å². The Bertz CT molecular complexity index is 1290. The predicted molar refractivity (Wildman–Crippen MR) is 298 cm³/mol. The summed E-state index contributed by atoms with van der Waals surface area (Å²) in [6, 6.07) is 0. The van der Waals surface area contributed by atoms with Gasteiger partial charge in [-0.05, 0) is 70.6 Å². The molecular formula is C63H110O6. The van der Waals surface area contributed by atoms with Gasteiger partial charge in [-0.3, -0.25) is 14.4 Å². The quantitative estimate of drug-likeness (QED) is 0.0262. The Morgan fingerprint density at radius 3 is 0.884 bits per heavy atom. The molecule has 0 bridgehead atoms. The molecule has 0 aromatic rings. The maximum Gasteiger partial charge on any atom is 0.306 e. The molecule has 69 heavy (non-hydrogen) atoms. The summed E-state index contributed by atoms with van der Waals surface area (Å²) in [5.74, 6) is -0.893. The number of ether oxygens (including phenoxy) is 3. The van der Waals surface area contributed by atoms with E-state index in [-0.39, 0.29) is 31.1 Å². The van der Waals surface area contributed by atoms with E-state index in [1.807, 2.05) is 0 Å². The first-order chi connectivity index (χ1) is 34.0. The van der Waals surface area contributed by atoms with E-state index >= 15 is 0 Å². The van der Waals surface area contributed by atoms with Gasteiger partial charge in [0.1, 0.15) is 13.2 Å². The molecule has 0 rings (SSSR count). The highest BCUT2D eigenvalue weighted by Crippen LogP contribution is 2.16. The molecule has 0 saturated carbocycles. The Morgan fingerprint density at radius 1 is 0.304 bits per heavy atom. The van der Waals surface area contributed by atoms with E-state index in [1.54, 1.807) is 0 Å². The number of carbonyl (C=O) groups is 3. The Kier molecular flexibility index (Phi) is 54.8. The Labute approximate surface area is 427 Å². The van der Waals surface area contributed by atoms with Crippen LogP contribution in [0, 0.1) is 0 Å². The van der Waals surface area contributed by atoms with E-state index in [2.05, 4.69) is 93.7 Å². The van der Waals surface area contributed by atoms with Crippen molar-refractivity contribution >= 4 is 17.9 Å². The van der Waals surface area contributed by atoms with Crippen LogP contribution >= 0.6 is 0 Å². The molecule has 0 spiro atoms. The van der Waals surface area contributed by atoms with Crippen LogP contribution in [-0.2, 0) is 28.6 Å². The standard InChI is InChI=1S/C63H110O6/c1-4-7-10-13-16-19-22-25-28-29-30-31-32-33-34-35-36-39-41-44-47-50-53-56-62(65)68-59-60(69-63(66)57-54-51-48-45-42-38-27-24-21-18-15-12-9-6-3)58-67-61(64)55-52-49-46-43-40-37-26-23-20-17-14-11-8-5-2/h7,10,16,19,25,28,30-31,33-34,36,39,60H,4-6,8-9,11-15,17-18,20-24,26-27,29,32,35,37-38,40-59H2,1-3H3/b10-7-,19-16-,28-25-,31-30-,34-33-,39-36-. The molecule has 0 aliphatic rings. The van der Waals surface area contributed by atoms with E-state index < -0.39 is 6.10 Å². The molecule has 0 saturated heterocycles. The number of esters is 3. The van der Waals surface area contributed by atoms with Gasteiger partial charge in [-0.25, -0.2) is 0 Å². The van der Waals surface area contributed by atoms with Crippen molar-refractivity contribution in [2.24, 2.45) is 0 Å². The van der Waals surface area contributed by atoms with Gasteiger partial charge >= 0.3 is 17.9 Å². The van der Waals surface area contributed by atoms with E-state index in [1.165, 1.54) is 141 Å². The average molecular weight is 964 g/mol. The lowest BCUT2D eigenvalue weighted by atomic mass is 10.0. The fraction of sp³-hybridized carbons (Fsp3) is 0.762. The van der Waals surface area contributed by atoms with Crippen molar-refractivity contribution in [3.63, 3.8) is 0 Å². The molecule has 0 fully saturated rings. The molecule has 398 valence electrons. The summed E-state index contributed by atoms with van der Waals surface area (Å²) in [6.45, 7) is 6.53. The molecule has 0 aromatic carbocycles. The van der Waals surface area contributed by atoms with Gasteiger partial charge < -0.3 is 14.2 Å². The summed E-state index contributed by atoms with van der Waals surface area (Å²) in [4.78, 5) is 38.2. The van der Waals surface area contributed by atoms with E-state index in [0.717, 1.165) is 109 Å². The lowest BCUT2D eigenvalue weighted by Crippen LogP contribution is -2.30. The van der Waals surface area contributed by atoms with Crippen LogP contribution in [0.5, 0.6) is 0 Å². The third kappa shape index (κ3) is 55.6. The number of unbranched alkanes of at least 4 members (excludes halogenated alkanes) is 30. The van der Waals surface area contributed by atoms with Gasteiger partial charge in [-0.2, -0.15) is 0 Å². The first kappa shape index (κ1) is 65.8. The van der Waals surface area contributed by atoms with Gasteiger partial charge in [0.05, 0.1) is 0 Å². The molecule has 0 radical (unpaired) electrons. The van der Waals surface area contributed by atoms with Gasteiger partial charge in [0.15, 0.2) is 6.10 Å². The molecule has 1 unspecified atom stereocenters. The molecule has 0 aliphatic carbocycles. The summed E-state index contributed by atoms with van der Waals surface area (Å²) < 4.78 is 16.9. The van der Waals surface area contributed by atoms with Gasteiger partial charge in [0.2, 0.25) is 0 Å². The lowest BCUT2D eigenvalue weighted by Gasteiger charge is -2.18. The number of rotatable bonds is 53.